The molecule has 23 heavy (non-hydrogen) atoms. The van der Waals surface area contributed by atoms with Gasteiger partial charge in [-0.05, 0) is 38.9 Å². The van der Waals surface area contributed by atoms with Gasteiger partial charge < -0.3 is 8.83 Å². The number of likely N-dealkylation sites (tertiary alicyclic amines) is 1. The molecular weight excluding hydrogens is 312 g/mol. The predicted molar refractivity (Wildman–Crippen MR) is 86.1 cm³/mol. The fraction of sp³-hybridized carbons (Fsp3) is 0.438. The summed E-state index contributed by atoms with van der Waals surface area (Å²) in [7, 11) is 0. The first-order valence-electron chi connectivity index (χ1n) is 7.77. The maximum Gasteiger partial charge on any atom is 0.250 e. The van der Waals surface area contributed by atoms with Crippen LogP contribution in [-0.4, -0.2) is 33.2 Å². The van der Waals surface area contributed by atoms with Crippen LogP contribution in [-0.2, 0) is 6.54 Å². The third-order valence-electron chi connectivity index (χ3n) is 4.20. The minimum Gasteiger partial charge on any atom is -0.472 e. The van der Waals surface area contributed by atoms with E-state index >= 15 is 0 Å². The molecule has 0 amide bonds. The molecule has 0 unspecified atom stereocenters. The van der Waals surface area contributed by atoms with Crippen molar-refractivity contribution in [2.45, 2.75) is 32.2 Å². The van der Waals surface area contributed by atoms with E-state index in [1.54, 1.807) is 23.9 Å². The lowest BCUT2D eigenvalue weighted by Crippen LogP contribution is -2.32. The molecule has 0 bridgehead atoms. The maximum atomic E-state index is 5.81. The van der Waals surface area contributed by atoms with Crippen molar-refractivity contribution < 1.29 is 8.83 Å². The number of thiazole rings is 1. The smallest absolute Gasteiger partial charge is 0.250 e. The minimum absolute atomic E-state index is 0.344. The summed E-state index contributed by atoms with van der Waals surface area (Å²) in [6.07, 6.45) is 5.31. The van der Waals surface area contributed by atoms with Crippen LogP contribution in [0.3, 0.4) is 0 Å². The highest BCUT2D eigenvalue weighted by Crippen LogP contribution is 2.30. The molecule has 3 aromatic rings. The molecule has 0 spiro atoms. The number of nitrogens with zero attached hydrogens (tertiary/aromatic N) is 4. The Hall–Kier alpha value is -1.99. The normalized spacial score (nSPS) is 16.9. The number of aryl methyl sites for hydroxylation is 1. The largest absolute Gasteiger partial charge is 0.472 e. The number of rotatable bonds is 4. The topological polar surface area (TPSA) is 68.2 Å². The van der Waals surface area contributed by atoms with Crippen molar-refractivity contribution in [3.63, 3.8) is 0 Å². The Morgan fingerprint density at radius 3 is 2.87 bits per heavy atom. The predicted octanol–water partition coefficient (Wildman–Crippen LogP) is 3.47. The Morgan fingerprint density at radius 2 is 2.17 bits per heavy atom. The number of hydrogen-bond acceptors (Lipinski definition) is 7. The van der Waals surface area contributed by atoms with Crippen LogP contribution in [0.2, 0.25) is 0 Å². The number of piperidine rings is 1. The Kier molecular flexibility index (Phi) is 3.97. The van der Waals surface area contributed by atoms with Gasteiger partial charge in [-0.15, -0.1) is 21.5 Å². The van der Waals surface area contributed by atoms with Crippen LogP contribution in [0.25, 0.3) is 11.5 Å². The third-order valence-corrected chi connectivity index (χ3v) is 5.02. The minimum atomic E-state index is 0.344. The van der Waals surface area contributed by atoms with E-state index in [4.69, 9.17) is 8.83 Å². The molecule has 3 aromatic heterocycles. The summed E-state index contributed by atoms with van der Waals surface area (Å²) < 4.78 is 10.9. The lowest BCUT2D eigenvalue weighted by atomic mass is 9.97. The second-order valence-electron chi connectivity index (χ2n) is 5.87. The molecule has 7 heteroatoms. The highest BCUT2D eigenvalue weighted by Gasteiger charge is 2.25. The zero-order chi connectivity index (χ0) is 15.6. The van der Waals surface area contributed by atoms with Crippen LogP contribution in [0.15, 0.2) is 32.8 Å². The van der Waals surface area contributed by atoms with E-state index in [2.05, 4.69) is 25.5 Å². The van der Waals surface area contributed by atoms with Gasteiger partial charge in [0.05, 0.1) is 22.5 Å². The monoisotopic (exact) mass is 330 g/mol. The molecule has 1 aliphatic heterocycles. The van der Waals surface area contributed by atoms with Gasteiger partial charge in [0.15, 0.2) is 0 Å². The van der Waals surface area contributed by atoms with E-state index in [1.165, 1.54) is 5.69 Å². The lowest BCUT2D eigenvalue weighted by Gasteiger charge is -2.29. The second-order valence-corrected chi connectivity index (χ2v) is 6.93. The van der Waals surface area contributed by atoms with Crippen LogP contribution in [0.4, 0.5) is 0 Å². The van der Waals surface area contributed by atoms with Crippen molar-refractivity contribution in [2.75, 3.05) is 13.1 Å². The van der Waals surface area contributed by atoms with E-state index in [-0.39, 0.29) is 0 Å². The molecule has 1 saturated heterocycles. The van der Waals surface area contributed by atoms with E-state index in [0.717, 1.165) is 48.9 Å². The summed E-state index contributed by atoms with van der Waals surface area (Å²) in [5.41, 5.74) is 2.01. The highest BCUT2D eigenvalue weighted by atomic mass is 32.1. The first kappa shape index (κ1) is 14.6. The third kappa shape index (κ3) is 3.20. The van der Waals surface area contributed by atoms with Gasteiger partial charge in [-0.25, -0.2) is 4.98 Å². The van der Waals surface area contributed by atoms with Crippen molar-refractivity contribution in [3.8, 4) is 11.5 Å². The van der Waals surface area contributed by atoms with E-state index < -0.39 is 0 Å². The zero-order valence-corrected chi connectivity index (χ0v) is 13.8. The fourth-order valence-electron chi connectivity index (χ4n) is 2.95. The van der Waals surface area contributed by atoms with Gasteiger partial charge in [0.2, 0.25) is 5.89 Å². The molecule has 0 radical (unpaired) electrons. The average molecular weight is 330 g/mol. The number of furan rings is 1. The molecule has 120 valence electrons. The zero-order valence-electron chi connectivity index (χ0n) is 12.9. The summed E-state index contributed by atoms with van der Waals surface area (Å²) in [4.78, 5) is 6.98. The summed E-state index contributed by atoms with van der Waals surface area (Å²) in [6.45, 7) is 5.05. The van der Waals surface area contributed by atoms with Crippen LogP contribution in [0.1, 0.15) is 35.4 Å². The molecule has 0 saturated carbocycles. The Bertz CT molecular complexity index is 757. The molecule has 4 rings (SSSR count). The molecule has 0 aliphatic carbocycles. The Labute approximate surface area is 138 Å². The van der Waals surface area contributed by atoms with Crippen LogP contribution < -0.4 is 0 Å². The van der Waals surface area contributed by atoms with E-state index in [0.29, 0.717) is 11.8 Å². The molecule has 1 aliphatic rings. The van der Waals surface area contributed by atoms with Crippen molar-refractivity contribution in [2.24, 2.45) is 0 Å². The Balaban J connectivity index is 1.36. The van der Waals surface area contributed by atoms with E-state index in [1.807, 2.05) is 13.0 Å². The number of aromatic nitrogens is 3. The van der Waals surface area contributed by atoms with Gasteiger partial charge in [-0.1, -0.05) is 0 Å². The Morgan fingerprint density at radius 1 is 1.30 bits per heavy atom. The standard InChI is InChI=1S/C16H18N4O2S/c1-11-17-14(10-23-11)8-20-5-2-12(3-6-20)15-18-19-16(22-15)13-4-7-21-9-13/h4,7,9-10,12H,2-3,5-6,8H2,1H3. The maximum absolute atomic E-state index is 5.81. The SMILES string of the molecule is Cc1nc(CN2CCC(c3nnc(-c4ccoc4)o3)CC2)cs1. The molecular formula is C16H18N4O2S. The first-order chi connectivity index (χ1) is 11.3. The van der Waals surface area contributed by atoms with Crippen molar-refractivity contribution in [1.82, 2.24) is 20.1 Å². The molecule has 0 N–H and O–H groups in total. The van der Waals surface area contributed by atoms with Gasteiger partial charge in [0.25, 0.3) is 5.89 Å². The summed E-state index contributed by atoms with van der Waals surface area (Å²) in [6, 6.07) is 1.83. The molecule has 4 heterocycles. The highest BCUT2D eigenvalue weighted by molar-refractivity contribution is 7.09. The molecule has 0 aromatic carbocycles. The first-order valence-corrected chi connectivity index (χ1v) is 8.65. The number of hydrogen-bond donors (Lipinski definition) is 0. The second kappa shape index (κ2) is 6.25. The fourth-order valence-corrected chi connectivity index (χ4v) is 3.55. The quantitative estimate of drug-likeness (QED) is 0.729. The summed E-state index contributed by atoms with van der Waals surface area (Å²) in [5.74, 6) is 1.62. The van der Waals surface area contributed by atoms with Gasteiger partial charge in [-0.3, -0.25) is 4.90 Å². The molecule has 1 fully saturated rings. The molecule has 6 nitrogen and oxygen atoms in total. The van der Waals surface area contributed by atoms with Gasteiger partial charge in [0, 0.05) is 17.8 Å². The van der Waals surface area contributed by atoms with Crippen molar-refractivity contribution in [1.29, 1.82) is 0 Å². The van der Waals surface area contributed by atoms with Crippen LogP contribution in [0, 0.1) is 6.92 Å². The summed E-state index contributed by atoms with van der Waals surface area (Å²) in [5, 5.41) is 11.6. The lowest BCUT2D eigenvalue weighted by molar-refractivity contribution is 0.191. The van der Waals surface area contributed by atoms with Crippen molar-refractivity contribution >= 4 is 11.3 Å². The van der Waals surface area contributed by atoms with E-state index in [9.17, 15) is 0 Å². The van der Waals surface area contributed by atoms with Gasteiger partial charge >= 0.3 is 0 Å². The van der Waals surface area contributed by atoms with Gasteiger partial charge in [0.1, 0.15) is 6.26 Å². The van der Waals surface area contributed by atoms with Crippen LogP contribution >= 0.6 is 11.3 Å². The summed E-state index contributed by atoms with van der Waals surface area (Å²) >= 11 is 1.71. The average Bonchev–Trinajstić information content (AvgIpc) is 3.28. The molecule has 0 atom stereocenters. The van der Waals surface area contributed by atoms with Crippen molar-refractivity contribution in [3.05, 3.63) is 40.6 Å². The van der Waals surface area contributed by atoms with Crippen LogP contribution in [0.5, 0.6) is 0 Å². The van der Waals surface area contributed by atoms with Gasteiger partial charge in [-0.2, -0.15) is 0 Å².